The Morgan fingerprint density at radius 3 is 2.62 bits per heavy atom. The van der Waals surface area contributed by atoms with Crippen molar-refractivity contribution in [3.05, 3.63) is 71.7 Å². The van der Waals surface area contributed by atoms with Crippen LogP contribution < -0.4 is 4.74 Å². The Balaban J connectivity index is 2.34. The Hall–Kier alpha value is -2.57. The van der Waals surface area contributed by atoms with E-state index >= 15 is 0 Å². The minimum Gasteiger partial charge on any atom is -0.458 e. The van der Waals surface area contributed by atoms with E-state index in [0.717, 1.165) is 11.1 Å². The number of nitriles is 1. The number of hydrogen-bond acceptors (Lipinski definition) is 3. The van der Waals surface area contributed by atoms with Gasteiger partial charge < -0.3 is 4.74 Å². The van der Waals surface area contributed by atoms with E-state index in [4.69, 9.17) is 16.3 Å². The fraction of sp³-hybridized carbons (Fsp3) is 0.0588. The van der Waals surface area contributed by atoms with Gasteiger partial charge in [0.15, 0.2) is 0 Å². The zero-order valence-corrected chi connectivity index (χ0v) is 12.3. The van der Waals surface area contributed by atoms with Crippen LogP contribution in [-0.4, -0.2) is 4.98 Å². The topological polar surface area (TPSA) is 45.9 Å². The van der Waals surface area contributed by atoms with E-state index in [0.29, 0.717) is 17.1 Å². The molecule has 21 heavy (non-hydrogen) atoms. The minimum absolute atomic E-state index is 0.207. The molecule has 0 bridgehead atoms. The van der Waals surface area contributed by atoms with E-state index in [2.05, 4.69) is 17.6 Å². The standard InChI is InChI=1S/C17H13ClN2O/c1-3-13(4-2)21-14-7-5-12(6-8-14)15-9-10-20-17(18)16(15)11-19/h3-10H,1H2,2H3/b13-4+. The number of allylic oxidation sites excluding steroid dienone is 2. The second kappa shape index (κ2) is 6.74. The average Bonchev–Trinajstić information content (AvgIpc) is 2.53. The van der Waals surface area contributed by atoms with Gasteiger partial charge >= 0.3 is 0 Å². The van der Waals surface area contributed by atoms with Gasteiger partial charge in [0.2, 0.25) is 0 Å². The van der Waals surface area contributed by atoms with Crippen molar-refractivity contribution in [1.82, 2.24) is 4.98 Å². The predicted molar refractivity (Wildman–Crippen MR) is 84.0 cm³/mol. The molecule has 0 atom stereocenters. The summed E-state index contributed by atoms with van der Waals surface area (Å²) in [4.78, 5) is 3.91. The van der Waals surface area contributed by atoms with Crippen LogP contribution >= 0.6 is 11.6 Å². The van der Waals surface area contributed by atoms with Crippen molar-refractivity contribution in [2.24, 2.45) is 0 Å². The summed E-state index contributed by atoms with van der Waals surface area (Å²) in [5.41, 5.74) is 2.00. The van der Waals surface area contributed by atoms with Crippen molar-refractivity contribution in [1.29, 1.82) is 5.26 Å². The van der Waals surface area contributed by atoms with Gasteiger partial charge in [-0.25, -0.2) is 4.98 Å². The fourth-order valence-electron chi connectivity index (χ4n) is 1.84. The molecule has 0 unspecified atom stereocenters. The van der Waals surface area contributed by atoms with Gasteiger partial charge in [0.1, 0.15) is 22.7 Å². The summed E-state index contributed by atoms with van der Waals surface area (Å²) < 4.78 is 5.62. The van der Waals surface area contributed by atoms with Gasteiger partial charge in [-0.2, -0.15) is 5.26 Å². The highest BCUT2D eigenvalue weighted by Crippen LogP contribution is 2.28. The number of ether oxygens (including phenoxy) is 1. The number of halogens is 1. The van der Waals surface area contributed by atoms with E-state index in [1.165, 1.54) is 0 Å². The lowest BCUT2D eigenvalue weighted by atomic mass is 10.0. The maximum absolute atomic E-state index is 9.18. The van der Waals surface area contributed by atoms with Crippen LogP contribution in [0.25, 0.3) is 11.1 Å². The summed E-state index contributed by atoms with van der Waals surface area (Å²) in [6.07, 6.45) is 5.06. The molecule has 4 heteroatoms. The number of pyridine rings is 1. The number of nitrogens with zero attached hydrogens (tertiary/aromatic N) is 2. The van der Waals surface area contributed by atoms with Crippen LogP contribution in [0, 0.1) is 11.3 Å². The van der Waals surface area contributed by atoms with Gasteiger partial charge in [-0.1, -0.05) is 30.3 Å². The third-order valence-corrected chi connectivity index (χ3v) is 3.19. The number of rotatable bonds is 4. The molecular weight excluding hydrogens is 284 g/mol. The van der Waals surface area contributed by atoms with Crippen LogP contribution in [0.5, 0.6) is 5.75 Å². The molecule has 1 heterocycles. The highest BCUT2D eigenvalue weighted by Gasteiger charge is 2.09. The lowest BCUT2D eigenvalue weighted by Gasteiger charge is -2.08. The van der Waals surface area contributed by atoms with Crippen LogP contribution in [-0.2, 0) is 0 Å². The molecule has 3 nitrogen and oxygen atoms in total. The highest BCUT2D eigenvalue weighted by molar-refractivity contribution is 6.30. The lowest BCUT2D eigenvalue weighted by Crippen LogP contribution is -1.92. The van der Waals surface area contributed by atoms with Crippen molar-refractivity contribution in [2.75, 3.05) is 0 Å². The summed E-state index contributed by atoms with van der Waals surface area (Å²) in [7, 11) is 0. The molecule has 0 N–H and O–H groups in total. The zero-order chi connectivity index (χ0) is 15.2. The normalized spacial score (nSPS) is 10.8. The van der Waals surface area contributed by atoms with E-state index in [1.807, 2.05) is 37.3 Å². The predicted octanol–water partition coefficient (Wildman–Crippen LogP) is 4.74. The van der Waals surface area contributed by atoms with Crippen LogP contribution in [0.15, 0.2) is 61.0 Å². The first kappa shape index (κ1) is 14.8. The molecule has 0 aliphatic heterocycles. The first-order valence-corrected chi connectivity index (χ1v) is 6.69. The van der Waals surface area contributed by atoms with E-state index in [-0.39, 0.29) is 5.15 Å². The fourth-order valence-corrected chi connectivity index (χ4v) is 2.04. The largest absolute Gasteiger partial charge is 0.458 e. The van der Waals surface area contributed by atoms with Crippen LogP contribution in [0.2, 0.25) is 5.15 Å². The summed E-state index contributed by atoms with van der Waals surface area (Å²) in [6, 6.07) is 11.3. The number of aromatic nitrogens is 1. The summed E-state index contributed by atoms with van der Waals surface area (Å²) in [5, 5.41) is 9.39. The summed E-state index contributed by atoms with van der Waals surface area (Å²) >= 11 is 5.94. The molecule has 104 valence electrons. The van der Waals surface area contributed by atoms with Gasteiger partial charge in [0, 0.05) is 11.8 Å². The Labute approximate surface area is 128 Å². The summed E-state index contributed by atoms with van der Waals surface area (Å²) in [5.74, 6) is 1.39. The van der Waals surface area contributed by atoms with Crippen LogP contribution in [0.1, 0.15) is 12.5 Å². The number of benzene rings is 1. The molecular formula is C17H13ClN2O. The Morgan fingerprint density at radius 2 is 2.05 bits per heavy atom. The third-order valence-electron chi connectivity index (χ3n) is 2.90. The van der Waals surface area contributed by atoms with Gasteiger partial charge in [0.25, 0.3) is 0 Å². The molecule has 0 aliphatic rings. The van der Waals surface area contributed by atoms with E-state index < -0.39 is 0 Å². The highest BCUT2D eigenvalue weighted by atomic mass is 35.5. The quantitative estimate of drug-likeness (QED) is 0.465. The second-order valence-electron chi connectivity index (χ2n) is 4.16. The molecule has 1 aromatic heterocycles. The maximum atomic E-state index is 9.18. The molecule has 2 aromatic rings. The molecule has 0 saturated heterocycles. The number of hydrogen-bond donors (Lipinski definition) is 0. The molecule has 1 aromatic carbocycles. The second-order valence-corrected chi connectivity index (χ2v) is 4.52. The van der Waals surface area contributed by atoms with Crippen molar-refractivity contribution < 1.29 is 4.74 Å². The molecule has 2 rings (SSSR count). The monoisotopic (exact) mass is 296 g/mol. The molecule has 0 saturated carbocycles. The third kappa shape index (κ3) is 3.31. The van der Waals surface area contributed by atoms with Gasteiger partial charge in [-0.3, -0.25) is 0 Å². The minimum atomic E-state index is 0.207. The smallest absolute Gasteiger partial charge is 0.147 e. The summed E-state index contributed by atoms with van der Waals surface area (Å²) in [6.45, 7) is 5.55. The van der Waals surface area contributed by atoms with Gasteiger partial charge in [-0.15, -0.1) is 0 Å². The Kier molecular flexibility index (Phi) is 4.76. The molecule has 0 fully saturated rings. The van der Waals surface area contributed by atoms with Gasteiger partial charge in [-0.05, 0) is 42.8 Å². The Bertz CT molecular complexity index is 727. The van der Waals surface area contributed by atoms with Crippen LogP contribution in [0.3, 0.4) is 0 Å². The molecule has 0 aliphatic carbocycles. The first-order chi connectivity index (χ1) is 10.2. The van der Waals surface area contributed by atoms with Gasteiger partial charge in [0.05, 0.1) is 5.56 Å². The van der Waals surface area contributed by atoms with Crippen molar-refractivity contribution in [3.8, 4) is 22.9 Å². The maximum Gasteiger partial charge on any atom is 0.147 e. The van der Waals surface area contributed by atoms with Crippen molar-refractivity contribution >= 4 is 11.6 Å². The molecule has 0 radical (unpaired) electrons. The van der Waals surface area contributed by atoms with E-state index in [1.54, 1.807) is 18.3 Å². The van der Waals surface area contributed by atoms with Crippen molar-refractivity contribution in [2.45, 2.75) is 6.92 Å². The first-order valence-electron chi connectivity index (χ1n) is 6.31. The zero-order valence-electron chi connectivity index (χ0n) is 11.5. The Morgan fingerprint density at radius 1 is 1.33 bits per heavy atom. The molecule has 0 spiro atoms. The molecule has 0 amide bonds. The lowest BCUT2D eigenvalue weighted by molar-refractivity contribution is 0.444. The average molecular weight is 297 g/mol. The van der Waals surface area contributed by atoms with E-state index in [9.17, 15) is 5.26 Å². The van der Waals surface area contributed by atoms with Crippen LogP contribution in [0.4, 0.5) is 0 Å². The van der Waals surface area contributed by atoms with Crippen molar-refractivity contribution in [3.63, 3.8) is 0 Å². The SMILES string of the molecule is C=C/C(=C\C)Oc1ccc(-c2ccnc(Cl)c2C#N)cc1.